The van der Waals surface area contributed by atoms with Gasteiger partial charge < -0.3 is 20.9 Å². The third kappa shape index (κ3) is 8.16. The summed E-state index contributed by atoms with van der Waals surface area (Å²) in [5.41, 5.74) is 12.0. The Hall–Kier alpha value is -5.12. The Morgan fingerprint density at radius 1 is 0.615 bits per heavy atom. The third-order valence-electron chi connectivity index (χ3n) is 10.0. The Kier molecular flexibility index (Phi) is 10.5. The average molecular weight is 719 g/mol. The molecular formula is C42H40F6N2O2. The Morgan fingerprint density at radius 3 is 1.46 bits per heavy atom. The van der Waals surface area contributed by atoms with Crippen molar-refractivity contribution in [1.29, 1.82) is 0 Å². The van der Waals surface area contributed by atoms with E-state index in [4.69, 9.17) is 20.9 Å². The van der Waals surface area contributed by atoms with Gasteiger partial charge in [0.05, 0.1) is 11.1 Å². The van der Waals surface area contributed by atoms with Crippen molar-refractivity contribution in [2.45, 2.75) is 75.6 Å². The fourth-order valence-electron chi connectivity index (χ4n) is 7.13. The molecule has 0 aliphatic heterocycles. The van der Waals surface area contributed by atoms with Gasteiger partial charge in [0.15, 0.2) is 0 Å². The van der Waals surface area contributed by atoms with E-state index in [0.717, 1.165) is 37.0 Å². The largest absolute Gasteiger partial charge is 0.457 e. The van der Waals surface area contributed by atoms with Crippen LogP contribution in [0.25, 0.3) is 0 Å². The summed E-state index contributed by atoms with van der Waals surface area (Å²) in [6, 6.07) is 28.0. The lowest BCUT2D eigenvalue weighted by molar-refractivity contribution is -0.139. The second-order valence-electron chi connectivity index (χ2n) is 13.5. The predicted octanol–water partition coefficient (Wildman–Crippen LogP) is 12.5. The number of nitrogens with two attached hydrogens (primary N) is 2. The molecule has 272 valence electrons. The predicted molar refractivity (Wildman–Crippen MR) is 192 cm³/mol. The minimum absolute atomic E-state index is 0.0961. The lowest BCUT2D eigenvalue weighted by Gasteiger charge is -2.42. The maximum absolute atomic E-state index is 14.7. The van der Waals surface area contributed by atoms with Crippen molar-refractivity contribution in [3.05, 3.63) is 143 Å². The molecule has 4 nitrogen and oxygen atoms in total. The number of halogens is 6. The average Bonchev–Trinajstić information content (AvgIpc) is 3.12. The highest BCUT2D eigenvalue weighted by Crippen LogP contribution is 2.52. The molecule has 1 saturated carbocycles. The molecule has 4 N–H and O–H groups in total. The summed E-state index contributed by atoms with van der Waals surface area (Å²) >= 11 is 0. The highest BCUT2D eigenvalue weighted by Gasteiger charge is 2.44. The number of aryl methyl sites for hydroxylation is 1. The standard InChI is InChI=1S/C42H40F6N2O2/c1-2-3-4-27-5-7-28(8-6-27)29-21-23-40(24-22-29,30-9-19-38(36(25-30)41(43,44)45)51-34-15-11-32(49)12-16-34)31-10-20-39(37(26-31)42(46,47)48)52-35-17-13-33(50)14-18-35/h5-20,25-26,29H,2-4,21-24,49-50H2,1H3. The molecule has 0 spiro atoms. The van der Waals surface area contributed by atoms with E-state index < -0.39 is 40.4 Å². The smallest absolute Gasteiger partial charge is 0.419 e. The molecule has 5 aromatic rings. The van der Waals surface area contributed by atoms with Gasteiger partial charge in [-0.2, -0.15) is 26.3 Å². The first-order chi connectivity index (χ1) is 24.7. The van der Waals surface area contributed by atoms with Crippen molar-refractivity contribution >= 4 is 11.4 Å². The van der Waals surface area contributed by atoms with Gasteiger partial charge in [0, 0.05) is 16.8 Å². The van der Waals surface area contributed by atoms with E-state index in [2.05, 4.69) is 31.2 Å². The summed E-state index contributed by atoms with van der Waals surface area (Å²) in [7, 11) is 0. The van der Waals surface area contributed by atoms with E-state index in [1.54, 1.807) is 0 Å². The number of hydrogen-bond donors (Lipinski definition) is 2. The summed E-state index contributed by atoms with van der Waals surface area (Å²) in [5.74, 6) is -0.420. The fraction of sp³-hybridized carbons (Fsp3) is 0.286. The lowest BCUT2D eigenvalue weighted by Crippen LogP contribution is -2.33. The molecule has 52 heavy (non-hydrogen) atoms. The molecule has 0 heterocycles. The molecule has 5 aromatic carbocycles. The van der Waals surface area contributed by atoms with Crippen molar-refractivity contribution in [2.75, 3.05) is 11.5 Å². The number of anilines is 2. The van der Waals surface area contributed by atoms with Crippen LogP contribution in [0.4, 0.5) is 37.7 Å². The molecule has 0 saturated heterocycles. The van der Waals surface area contributed by atoms with Gasteiger partial charge >= 0.3 is 12.4 Å². The zero-order valence-corrected chi connectivity index (χ0v) is 28.7. The maximum atomic E-state index is 14.7. The quantitative estimate of drug-likeness (QED) is 0.111. The van der Waals surface area contributed by atoms with E-state index in [1.807, 2.05) is 0 Å². The SMILES string of the molecule is CCCCc1ccc(C2CCC(c3ccc(Oc4ccc(N)cc4)c(C(F)(F)F)c3)(c3ccc(Oc4ccc(N)cc4)c(C(F)(F)F)c3)CC2)cc1. The van der Waals surface area contributed by atoms with Crippen LogP contribution in [0.1, 0.15) is 84.7 Å². The van der Waals surface area contributed by atoms with Gasteiger partial charge in [-0.25, -0.2) is 0 Å². The summed E-state index contributed by atoms with van der Waals surface area (Å²) < 4.78 is 99.6. The van der Waals surface area contributed by atoms with Crippen molar-refractivity contribution in [1.82, 2.24) is 0 Å². The monoisotopic (exact) mass is 718 g/mol. The van der Waals surface area contributed by atoms with Crippen LogP contribution >= 0.6 is 0 Å². The topological polar surface area (TPSA) is 70.5 Å². The van der Waals surface area contributed by atoms with Crippen LogP contribution in [0.3, 0.4) is 0 Å². The second kappa shape index (κ2) is 14.9. The van der Waals surface area contributed by atoms with Gasteiger partial charge in [-0.15, -0.1) is 0 Å². The number of ether oxygens (including phenoxy) is 2. The molecule has 0 bridgehead atoms. The van der Waals surface area contributed by atoms with E-state index in [0.29, 0.717) is 37.1 Å². The molecule has 10 heteroatoms. The Bertz CT molecular complexity index is 1850. The minimum atomic E-state index is -4.81. The van der Waals surface area contributed by atoms with E-state index in [9.17, 15) is 26.3 Å². The van der Waals surface area contributed by atoms with Gasteiger partial charge in [0.25, 0.3) is 0 Å². The fourth-order valence-corrected chi connectivity index (χ4v) is 7.13. The highest BCUT2D eigenvalue weighted by atomic mass is 19.4. The molecule has 6 rings (SSSR count). The Balaban J connectivity index is 1.42. The zero-order valence-electron chi connectivity index (χ0n) is 28.7. The minimum Gasteiger partial charge on any atom is -0.457 e. The van der Waals surface area contributed by atoms with E-state index in [-0.39, 0.29) is 28.5 Å². The van der Waals surface area contributed by atoms with Gasteiger partial charge in [0.2, 0.25) is 0 Å². The van der Waals surface area contributed by atoms with Crippen LogP contribution in [-0.2, 0) is 24.2 Å². The number of alkyl halides is 6. The lowest BCUT2D eigenvalue weighted by atomic mass is 9.62. The Morgan fingerprint density at radius 2 is 1.06 bits per heavy atom. The van der Waals surface area contributed by atoms with Crippen molar-refractivity contribution in [3.8, 4) is 23.0 Å². The number of benzene rings is 5. The summed E-state index contributed by atoms with van der Waals surface area (Å²) in [4.78, 5) is 0. The molecule has 0 aromatic heterocycles. The van der Waals surface area contributed by atoms with Crippen molar-refractivity contribution < 1.29 is 35.8 Å². The van der Waals surface area contributed by atoms with Crippen molar-refractivity contribution in [3.63, 3.8) is 0 Å². The van der Waals surface area contributed by atoms with Gasteiger partial charge in [-0.3, -0.25) is 0 Å². The second-order valence-corrected chi connectivity index (χ2v) is 13.5. The van der Waals surface area contributed by atoms with E-state index in [1.165, 1.54) is 78.4 Å². The maximum Gasteiger partial charge on any atom is 0.419 e. The van der Waals surface area contributed by atoms with Crippen LogP contribution in [0, 0.1) is 0 Å². The molecule has 1 aliphatic carbocycles. The summed E-state index contributed by atoms with van der Waals surface area (Å²) in [6.45, 7) is 2.14. The van der Waals surface area contributed by atoms with Crippen LogP contribution in [0.2, 0.25) is 0 Å². The number of rotatable bonds is 10. The molecular weight excluding hydrogens is 678 g/mol. The number of hydrogen-bond acceptors (Lipinski definition) is 4. The van der Waals surface area contributed by atoms with Crippen LogP contribution < -0.4 is 20.9 Å². The molecule has 0 unspecified atom stereocenters. The van der Waals surface area contributed by atoms with Gasteiger partial charge in [-0.1, -0.05) is 49.7 Å². The van der Waals surface area contributed by atoms with Crippen LogP contribution in [0.5, 0.6) is 23.0 Å². The zero-order chi connectivity index (χ0) is 37.1. The first kappa shape index (κ1) is 36.7. The molecule has 0 atom stereocenters. The van der Waals surface area contributed by atoms with E-state index >= 15 is 0 Å². The molecule has 1 aliphatic rings. The Labute approximate surface area is 299 Å². The number of nitrogen functional groups attached to an aromatic ring is 2. The first-order valence-corrected chi connectivity index (χ1v) is 17.3. The highest BCUT2D eigenvalue weighted by molar-refractivity contribution is 5.53. The van der Waals surface area contributed by atoms with Crippen molar-refractivity contribution in [2.24, 2.45) is 0 Å². The molecule has 0 amide bonds. The summed E-state index contributed by atoms with van der Waals surface area (Å²) in [6.07, 6.45) is -4.73. The van der Waals surface area contributed by atoms with Crippen LogP contribution in [-0.4, -0.2) is 0 Å². The van der Waals surface area contributed by atoms with Gasteiger partial charge in [-0.05, 0) is 139 Å². The molecule has 1 fully saturated rings. The summed E-state index contributed by atoms with van der Waals surface area (Å²) in [5, 5.41) is 0. The number of unbranched alkanes of at least 4 members (excludes halogenated alkanes) is 1. The molecule has 0 radical (unpaired) electrons. The van der Waals surface area contributed by atoms with Crippen LogP contribution in [0.15, 0.2) is 109 Å². The van der Waals surface area contributed by atoms with Gasteiger partial charge in [0.1, 0.15) is 23.0 Å². The third-order valence-corrected chi connectivity index (χ3v) is 10.0. The normalized spacial score (nSPS) is 15.0. The first-order valence-electron chi connectivity index (χ1n) is 17.3.